The van der Waals surface area contributed by atoms with E-state index in [9.17, 15) is 21.6 Å². The van der Waals surface area contributed by atoms with E-state index >= 15 is 0 Å². The van der Waals surface area contributed by atoms with Crippen LogP contribution in [0.1, 0.15) is 19.8 Å². The first kappa shape index (κ1) is 21.2. The molecule has 3 N–H and O–H groups in total. The molecule has 2 aromatic carbocycles. The topological polar surface area (TPSA) is 127 Å². The number of nitrogens with one attached hydrogen (secondary N) is 1. The molecular weight excluding hydrogens is 446 g/mol. The first-order chi connectivity index (χ1) is 14.0. The highest BCUT2D eigenvalue weighted by Crippen LogP contribution is 2.42. The Bertz CT molecular complexity index is 1210. The van der Waals surface area contributed by atoms with E-state index in [4.69, 9.17) is 5.14 Å². The van der Waals surface area contributed by atoms with Gasteiger partial charge in [-0.1, -0.05) is 6.92 Å². The van der Waals surface area contributed by atoms with Gasteiger partial charge in [0.05, 0.1) is 15.5 Å². The van der Waals surface area contributed by atoms with Crippen LogP contribution in [0.2, 0.25) is 0 Å². The Labute approximate surface area is 179 Å². The molecule has 0 saturated heterocycles. The van der Waals surface area contributed by atoms with Gasteiger partial charge in [-0.05, 0) is 55.3 Å². The van der Waals surface area contributed by atoms with Crippen molar-refractivity contribution in [3.05, 3.63) is 42.5 Å². The largest absolute Gasteiger partial charge is 0.310 e. The Morgan fingerprint density at radius 3 is 2.30 bits per heavy atom. The summed E-state index contributed by atoms with van der Waals surface area (Å²) < 4.78 is 50.9. The van der Waals surface area contributed by atoms with Crippen LogP contribution in [0, 0.1) is 5.92 Å². The fraction of sp³-hybridized carbons (Fsp3) is 0.316. The summed E-state index contributed by atoms with van der Waals surface area (Å²) in [6.45, 7) is 2.58. The zero-order valence-corrected chi connectivity index (χ0v) is 18.6. The molecule has 1 heterocycles. The number of amides is 1. The predicted molar refractivity (Wildman–Crippen MR) is 115 cm³/mol. The predicted octanol–water partition coefficient (Wildman–Crippen LogP) is 2.37. The van der Waals surface area contributed by atoms with Crippen molar-refractivity contribution in [3.8, 4) is 0 Å². The maximum absolute atomic E-state index is 12.9. The van der Waals surface area contributed by atoms with Gasteiger partial charge in [-0.2, -0.15) is 0 Å². The average molecular weight is 468 g/mol. The Hall–Kier alpha value is -2.08. The minimum atomic E-state index is -3.94. The fourth-order valence-corrected chi connectivity index (χ4v) is 5.96. The molecule has 11 heteroatoms. The van der Waals surface area contributed by atoms with Crippen LogP contribution in [0.25, 0.3) is 0 Å². The van der Waals surface area contributed by atoms with Gasteiger partial charge in [0, 0.05) is 28.3 Å². The van der Waals surface area contributed by atoms with Crippen LogP contribution in [0.15, 0.2) is 57.2 Å². The number of benzene rings is 2. The number of carbonyl (C=O) groups excluding carboxylic acids is 1. The lowest BCUT2D eigenvalue weighted by Crippen LogP contribution is -2.39. The van der Waals surface area contributed by atoms with Crippen LogP contribution >= 0.6 is 11.8 Å². The monoisotopic (exact) mass is 467 g/mol. The molecule has 0 radical (unpaired) electrons. The number of primary sulfonamides is 1. The number of hydrogen-bond acceptors (Lipinski definition) is 6. The van der Waals surface area contributed by atoms with E-state index < -0.39 is 20.0 Å². The summed E-state index contributed by atoms with van der Waals surface area (Å²) in [6.07, 6.45) is 1.75. The molecular formula is C19H21N3O5S3. The van der Waals surface area contributed by atoms with Gasteiger partial charge in [-0.15, -0.1) is 11.8 Å². The number of hydrogen-bond donors (Lipinski definition) is 2. The van der Waals surface area contributed by atoms with Crippen molar-refractivity contribution in [2.75, 3.05) is 16.2 Å². The highest BCUT2D eigenvalue weighted by atomic mass is 32.2. The molecule has 1 fully saturated rings. The van der Waals surface area contributed by atoms with Crippen molar-refractivity contribution in [1.29, 1.82) is 0 Å². The quantitative estimate of drug-likeness (QED) is 0.695. The zero-order chi connectivity index (χ0) is 21.7. The number of fused-ring (bicyclic) bond motifs is 1. The number of thioether (sulfide) groups is 1. The summed E-state index contributed by atoms with van der Waals surface area (Å²) >= 11 is 1.61. The smallest absolute Gasteiger partial charge is 0.261 e. The van der Waals surface area contributed by atoms with Gasteiger partial charge < -0.3 is 4.90 Å². The van der Waals surface area contributed by atoms with E-state index in [-0.39, 0.29) is 32.6 Å². The van der Waals surface area contributed by atoms with Crippen LogP contribution < -0.4 is 14.8 Å². The lowest BCUT2D eigenvalue weighted by molar-refractivity contribution is -0.119. The summed E-state index contributed by atoms with van der Waals surface area (Å²) in [7, 11) is -7.80. The van der Waals surface area contributed by atoms with Crippen LogP contribution in [-0.4, -0.2) is 34.5 Å². The van der Waals surface area contributed by atoms with Gasteiger partial charge in [0.15, 0.2) is 0 Å². The Morgan fingerprint density at radius 1 is 1.07 bits per heavy atom. The minimum Gasteiger partial charge on any atom is -0.310 e. The molecule has 0 unspecified atom stereocenters. The van der Waals surface area contributed by atoms with Gasteiger partial charge in [0.2, 0.25) is 15.9 Å². The first-order valence-electron chi connectivity index (χ1n) is 9.32. The third kappa shape index (κ3) is 4.34. The molecule has 0 aromatic heterocycles. The molecule has 1 saturated carbocycles. The lowest BCUT2D eigenvalue weighted by Gasteiger charge is -2.33. The highest BCUT2D eigenvalue weighted by molar-refractivity contribution is 8.00. The molecule has 1 atom stereocenters. The molecule has 1 aliphatic carbocycles. The van der Waals surface area contributed by atoms with Crippen molar-refractivity contribution in [3.63, 3.8) is 0 Å². The minimum absolute atomic E-state index is 0.0283. The first-order valence-corrected chi connectivity index (χ1v) is 13.2. The number of nitrogens with two attached hydrogens (primary N) is 1. The van der Waals surface area contributed by atoms with Crippen LogP contribution in [-0.2, 0) is 24.8 Å². The van der Waals surface area contributed by atoms with E-state index in [2.05, 4.69) is 4.72 Å². The van der Waals surface area contributed by atoms with E-state index in [1.807, 2.05) is 6.92 Å². The van der Waals surface area contributed by atoms with Gasteiger partial charge in [0.1, 0.15) is 0 Å². The molecule has 0 spiro atoms. The number of rotatable bonds is 5. The lowest BCUT2D eigenvalue weighted by atomic mass is 10.2. The van der Waals surface area contributed by atoms with Gasteiger partial charge >= 0.3 is 0 Å². The second kappa shape index (κ2) is 7.56. The number of sulfonamides is 2. The summed E-state index contributed by atoms with van der Waals surface area (Å²) in [5, 5.41) is 5.28. The standard InChI is InChI=1S/C19H21N3O5S3/c1-12-11-22(19(23)13-2-3-13)17-10-16(8-9-18(17)28-12)30(26,27)21-14-4-6-15(7-5-14)29(20,24)25/h4-10,12-13,21H,2-3,11H2,1H3,(H2,20,24,25)/t12-/m0/s1. The number of nitrogens with zero attached hydrogens (tertiary/aromatic N) is 1. The van der Waals surface area contributed by atoms with E-state index in [0.717, 1.165) is 17.7 Å². The van der Waals surface area contributed by atoms with Crippen molar-refractivity contribution >= 4 is 49.1 Å². The summed E-state index contributed by atoms with van der Waals surface area (Å²) in [5.41, 5.74) is 0.816. The second-order valence-corrected chi connectivity index (χ2v) is 12.2. The van der Waals surface area contributed by atoms with Crippen molar-refractivity contribution in [1.82, 2.24) is 0 Å². The molecule has 2 aromatic rings. The van der Waals surface area contributed by atoms with Crippen LogP contribution in [0.5, 0.6) is 0 Å². The Balaban J connectivity index is 1.63. The normalized spacial score (nSPS) is 19.3. The Morgan fingerprint density at radius 2 is 1.70 bits per heavy atom. The maximum atomic E-state index is 12.9. The van der Waals surface area contributed by atoms with Gasteiger partial charge in [-0.25, -0.2) is 22.0 Å². The Kier molecular flexibility index (Phi) is 5.33. The molecule has 4 rings (SSSR count). The van der Waals surface area contributed by atoms with Crippen molar-refractivity contribution in [2.45, 2.75) is 39.7 Å². The van der Waals surface area contributed by atoms with Crippen molar-refractivity contribution < 1.29 is 21.6 Å². The zero-order valence-electron chi connectivity index (χ0n) is 16.1. The summed E-state index contributed by atoms with van der Waals surface area (Å²) in [5.74, 6) is 0.0772. The third-order valence-corrected chi connectivity index (χ3v) is 8.39. The average Bonchev–Trinajstić information content (AvgIpc) is 3.51. The molecule has 8 nitrogen and oxygen atoms in total. The molecule has 1 amide bonds. The molecule has 0 bridgehead atoms. The fourth-order valence-electron chi connectivity index (χ4n) is 3.27. The van der Waals surface area contributed by atoms with Crippen molar-refractivity contribution in [2.24, 2.45) is 11.1 Å². The van der Waals surface area contributed by atoms with E-state index in [1.54, 1.807) is 22.7 Å². The highest BCUT2D eigenvalue weighted by Gasteiger charge is 2.37. The van der Waals surface area contributed by atoms with E-state index in [1.165, 1.54) is 36.4 Å². The summed E-state index contributed by atoms with van der Waals surface area (Å²) in [6, 6.07) is 9.87. The van der Waals surface area contributed by atoms with E-state index in [0.29, 0.717) is 12.2 Å². The third-order valence-electron chi connectivity index (χ3n) is 4.93. The van der Waals surface area contributed by atoms with Crippen LogP contribution in [0.4, 0.5) is 11.4 Å². The second-order valence-electron chi connectivity index (χ2n) is 7.46. The molecule has 2 aliphatic rings. The van der Waals surface area contributed by atoms with Gasteiger partial charge in [-0.3, -0.25) is 9.52 Å². The maximum Gasteiger partial charge on any atom is 0.261 e. The number of anilines is 2. The van der Waals surface area contributed by atoms with Crippen LogP contribution in [0.3, 0.4) is 0 Å². The number of carbonyl (C=O) groups is 1. The molecule has 30 heavy (non-hydrogen) atoms. The summed E-state index contributed by atoms with van der Waals surface area (Å²) in [4.78, 5) is 15.2. The SMILES string of the molecule is C[C@H]1CN(C(=O)C2CC2)c2cc(S(=O)(=O)Nc3ccc(S(N)(=O)=O)cc3)ccc2S1. The molecule has 1 aliphatic heterocycles. The molecule has 160 valence electrons. The van der Waals surface area contributed by atoms with Gasteiger partial charge in [0.25, 0.3) is 10.0 Å².